The fourth-order valence-electron chi connectivity index (χ4n) is 1.66. The normalized spacial score (nSPS) is 11.8. The van der Waals surface area contributed by atoms with Crippen molar-refractivity contribution in [1.29, 1.82) is 0 Å². The van der Waals surface area contributed by atoms with Gasteiger partial charge in [0.15, 0.2) is 5.69 Å². The summed E-state index contributed by atoms with van der Waals surface area (Å²) in [4.78, 5) is 0. The summed E-state index contributed by atoms with van der Waals surface area (Å²) in [5.74, 6) is 0. The van der Waals surface area contributed by atoms with E-state index in [0.29, 0.717) is 0 Å². The van der Waals surface area contributed by atoms with Crippen molar-refractivity contribution in [3.8, 4) is 0 Å². The molecule has 2 rings (SSSR count). The van der Waals surface area contributed by atoms with Crippen LogP contribution >= 0.6 is 11.6 Å². The molecule has 0 amide bonds. The Morgan fingerprint density at radius 2 is 1.83 bits per heavy atom. The molecule has 0 aliphatic carbocycles. The quantitative estimate of drug-likeness (QED) is 0.812. The van der Waals surface area contributed by atoms with Crippen molar-refractivity contribution < 1.29 is 13.2 Å². The Kier molecular flexibility index (Phi) is 3.34. The third-order valence-electron chi connectivity index (χ3n) is 2.56. The zero-order valence-electron chi connectivity index (χ0n) is 9.50. The van der Waals surface area contributed by atoms with Crippen molar-refractivity contribution in [3.63, 3.8) is 0 Å². The van der Waals surface area contributed by atoms with Crippen molar-refractivity contribution in [2.24, 2.45) is 0 Å². The molecule has 0 aliphatic heterocycles. The summed E-state index contributed by atoms with van der Waals surface area (Å²) in [6, 6.07) is 9.07. The second-order valence-corrected chi connectivity index (χ2v) is 4.26. The molecule has 1 aromatic heterocycles. The Labute approximate surface area is 107 Å². The van der Waals surface area contributed by atoms with Crippen molar-refractivity contribution >= 4 is 11.6 Å². The van der Waals surface area contributed by atoms with Crippen molar-refractivity contribution in [1.82, 2.24) is 9.78 Å². The van der Waals surface area contributed by atoms with E-state index < -0.39 is 11.9 Å². The van der Waals surface area contributed by atoms with Crippen LogP contribution in [0.4, 0.5) is 13.2 Å². The van der Waals surface area contributed by atoms with Gasteiger partial charge >= 0.3 is 6.18 Å². The predicted molar refractivity (Wildman–Crippen MR) is 62.5 cm³/mol. The lowest BCUT2D eigenvalue weighted by molar-refractivity contribution is -0.141. The summed E-state index contributed by atoms with van der Waals surface area (Å²) in [7, 11) is 0. The van der Waals surface area contributed by atoms with E-state index in [4.69, 9.17) is 11.6 Å². The zero-order chi connectivity index (χ0) is 13.3. The molecule has 0 atom stereocenters. The van der Waals surface area contributed by atoms with Gasteiger partial charge in [-0.1, -0.05) is 41.9 Å². The summed E-state index contributed by atoms with van der Waals surface area (Å²) < 4.78 is 39.1. The van der Waals surface area contributed by atoms with E-state index in [0.717, 1.165) is 10.2 Å². The maximum absolute atomic E-state index is 12.6. The van der Waals surface area contributed by atoms with Gasteiger partial charge in [0.05, 0.1) is 6.54 Å². The molecule has 0 saturated heterocycles. The van der Waals surface area contributed by atoms with Gasteiger partial charge in [0, 0.05) is 5.56 Å². The molecule has 0 spiro atoms. The van der Waals surface area contributed by atoms with Crippen LogP contribution in [-0.2, 0) is 12.7 Å². The highest BCUT2D eigenvalue weighted by Crippen LogP contribution is 2.33. The number of rotatable bonds is 2. The SMILES string of the molecule is Cc1c(C(F)(F)F)nn(Cc2ccccc2)c1Cl. The van der Waals surface area contributed by atoms with Gasteiger partial charge in [-0.3, -0.25) is 0 Å². The second kappa shape index (κ2) is 4.65. The molecule has 0 unspecified atom stereocenters. The average Bonchev–Trinajstić information content (AvgIpc) is 2.58. The van der Waals surface area contributed by atoms with E-state index >= 15 is 0 Å². The maximum atomic E-state index is 12.6. The molecular weight excluding hydrogens is 265 g/mol. The average molecular weight is 275 g/mol. The van der Waals surface area contributed by atoms with E-state index in [1.165, 1.54) is 6.92 Å². The largest absolute Gasteiger partial charge is 0.435 e. The molecule has 96 valence electrons. The van der Waals surface area contributed by atoms with Crippen molar-refractivity contribution in [3.05, 3.63) is 52.3 Å². The Bertz CT molecular complexity index is 546. The highest BCUT2D eigenvalue weighted by molar-refractivity contribution is 6.30. The Morgan fingerprint density at radius 1 is 1.22 bits per heavy atom. The Hall–Kier alpha value is -1.49. The van der Waals surface area contributed by atoms with Gasteiger partial charge < -0.3 is 0 Å². The summed E-state index contributed by atoms with van der Waals surface area (Å²) in [5.41, 5.74) is -0.126. The Morgan fingerprint density at radius 3 is 2.33 bits per heavy atom. The van der Waals surface area contributed by atoms with Crippen LogP contribution in [0, 0.1) is 6.92 Å². The van der Waals surface area contributed by atoms with E-state index in [-0.39, 0.29) is 17.3 Å². The molecule has 0 radical (unpaired) electrons. The number of benzene rings is 1. The first-order valence-electron chi connectivity index (χ1n) is 5.23. The highest BCUT2D eigenvalue weighted by atomic mass is 35.5. The number of alkyl halides is 3. The Balaban J connectivity index is 2.36. The van der Waals surface area contributed by atoms with Crippen LogP contribution in [0.1, 0.15) is 16.8 Å². The summed E-state index contributed by atoms with van der Waals surface area (Å²) in [6.07, 6.45) is -4.48. The molecule has 2 nitrogen and oxygen atoms in total. The standard InChI is InChI=1S/C12H10ClF3N2/c1-8-10(12(14,15)16)17-18(11(8)13)7-9-5-3-2-4-6-9/h2-6H,7H2,1H3. The number of halogens is 4. The van der Waals surface area contributed by atoms with Crippen LogP contribution in [-0.4, -0.2) is 9.78 Å². The summed E-state index contributed by atoms with van der Waals surface area (Å²) in [6.45, 7) is 1.54. The van der Waals surface area contributed by atoms with Crippen LogP contribution in [0.15, 0.2) is 30.3 Å². The first-order chi connectivity index (χ1) is 8.39. The number of aromatic nitrogens is 2. The van der Waals surface area contributed by atoms with Gasteiger partial charge in [-0.25, -0.2) is 4.68 Å². The van der Waals surface area contributed by atoms with E-state index in [9.17, 15) is 13.2 Å². The molecule has 0 N–H and O–H groups in total. The monoisotopic (exact) mass is 274 g/mol. The van der Waals surface area contributed by atoms with Gasteiger partial charge in [0.2, 0.25) is 0 Å². The van der Waals surface area contributed by atoms with Gasteiger partial charge in [0.25, 0.3) is 0 Å². The lowest BCUT2D eigenvalue weighted by Crippen LogP contribution is -2.09. The minimum atomic E-state index is -4.48. The van der Waals surface area contributed by atoms with Crippen LogP contribution in [0.25, 0.3) is 0 Å². The van der Waals surface area contributed by atoms with Crippen molar-refractivity contribution in [2.75, 3.05) is 0 Å². The lowest BCUT2D eigenvalue weighted by atomic mass is 10.2. The molecule has 0 fully saturated rings. The van der Waals surface area contributed by atoms with Crippen LogP contribution in [0.5, 0.6) is 0 Å². The smallest absolute Gasteiger partial charge is 0.249 e. The lowest BCUT2D eigenvalue weighted by Gasteiger charge is -2.03. The third kappa shape index (κ3) is 2.51. The van der Waals surface area contributed by atoms with Crippen LogP contribution < -0.4 is 0 Å². The molecule has 0 bridgehead atoms. The van der Waals surface area contributed by atoms with Crippen molar-refractivity contribution in [2.45, 2.75) is 19.6 Å². The molecular formula is C12H10ClF3N2. The first-order valence-corrected chi connectivity index (χ1v) is 5.61. The van der Waals surface area contributed by atoms with Gasteiger partial charge in [-0.15, -0.1) is 0 Å². The zero-order valence-corrected chi connectivity index (χ0v) is 10.3. The molecule has 6 heteroatoms. The fourth-order valence-corrected chi connectivity index (χ4v) is 1.85. The highest BCUT2D eigenvalue weighted by Gasteiger charge is 2.37. The minimum absolute atomic E-state index is 0.0196. The maximum Gasteiger partial charge on any atom is 0.435 e. The van der Waals surface area contributed by atoms with E-state index in [2.05, 4.69) is 5.10 Å². The number of hydrogen-bond acceptors (Lipinski definition) is 1. The van der Waals surface area contributed by atoms with E-state index in [1.807, 2.05) is 18.2 Å². The molecule has 1 heterocycles. The molecule has 0 aliphatic rings. The molecule has 0 saturated carbocycles. The van der Waals surface area contributed by atoms with Gasteiger partial charge in [-0.2, -0.15) is 18.3 Å². The van der Waals surface area contributed by atoms with Gasteiger partial charge in [-0.05, 0) is 12.5 Å². The summed E-state index contributed by atoms with van der Waals surface area (Å²) in [5, 5.41) is 3.56. The summed E-state index contributed by atoms with van der Waals surface area (Å²) >= 11 is 5.87. The topological polar surface area (TPSA) is 17.8 Å². The molecule has 18 heavy (non-hydrogen) atoms. The molecule has 2 aromatic rings. The van der Waals surface area contributed by atoms with Crippen LogP contribution in [0.3, 0.4) is 0 Å². The van der Waals surface area contributed by atoms with Gasteiger partial charge in [0.1, 0.15) is 5.15 Å². The first kappa shape index (κ1) is 13.0. The van der Waals surface area contributed by atoms with E-state index in [1.54, 1.807) is 12.1 Å². The second-order valence-electron chi connectivity index (χ2n) is 3.91. The third-order valence-corrected chi connectivity index (χ3v) is 3.03. The minimum Gasteiger partial charge on any atom is -0.249 e. The fraction of sp³-hybridized carbons (Fsp3) is 0.250. The number of nitrogens with zero attached hydrogens (tertiary/aromatic N) is 2. The van der Waals surface area contributed by atoms with Crippen LogP contribution in [0.2, 0.25) is 5.15 Å². The molecule has 1 aromatic carbocycles. The number of hydrogen-bond donors (Lipinski definition) is 0. The predicted octanol–water partition coefficient (Wildman–Crippen LogP) is 3.91.